The number of rotatable bonds is 11. The van der Waals surface area contributed by atoms with Gasteiger partial charge in [0.2, 0.25) is 0 Å². The average molecular weight is 229 g/mol. The van der Waals surface area contributed by atoms with E-state index < -0.39 is 0 Å². The quantitative estimate of drug-likeness (QED) is 0.548. The Morgan fingerprint density at radius 2 is 1.81 bits per heavy atom. The Labute approximate surface area is 102 Å². The average Bonchev–Trinajstić information content (AvgIpc) is 2.26. The van der Waals surface area contributed by atoms with Crippen LogP contribution in [0.25, 0.3) is 0 Å². The minimum absolute atomic E-state index is 0.748. The Balaban J connectivity index is 3.36. The summed E-state index contributed by atoms with van der Waals surface area (Å²) in [7, 11) is 0. The second-order valence-electron chi connectivity index (χ2n) is 5.08. The highest BCUT2D eigenvalue weighted by Gasteiger charge is 2.06. The molecule has 0 aromatic heterocycles. The molecule has 0 aromatic rings. The van der Waals surface area contributed by atoms with Crippen molar-refractivity contribution in [3.05, 3.63) is 0 Å². The molecule has 0 aliphatic rings. The van der Waals surface area contributed by atoms with Gasteiger partial charge in [-0.05, 0) is 37.8 Å². The van der Waals surface area contributed by atoms with Gasteiger partial charge in [0.25, 0.3) is 0 Å². The lowest BCUT2D eigenvalue weighted by Crippen LogP contribution is -2.26. The van der Waals surface area contributed by atoms with Crippen LogP contribution >= 0.6 is 0 Å². The summed E-state index contributed by atoms with van der Waals surface area (Å²) in [5, 5.41) is 3.53. The molecule has 0 heterocycles. The zero-order valence-electron chi connectivity index (χ0n) is 11.7. The SMILES string of the molecule is CCCCOCCC(CC)CNCC(C)C. The monoisotopic (exact) mass is 229 g/mol. The summed E-state index contributed by atoms with van der Waals surface area (Å²) < 4.78 is 5.61. The fourth-order valence-electron chi connectivity index (χ4n) is 1.63. The van der Waals surface area contributed by atoms with Gasteiger partial charge in [-0.2, -0.15) is 0 Å². The third kappa shape index (κ3) is 10.4. The third-order valence-corrected chi connectivity index (χ3v) is 2.88. The summed E-state index contributed by atoms with van der Waals surface area (Å²) in [5.74, 6) is 1.53. The van der Waals surface area contributed by atoms with E-state index in [1.807, 2.05) is 0 Å². The Hall–Kier alpha value is -0.0800. The molecule has 2 nitrogen and oxygen atoms in total. The summed E-state index contributed by atoms with van der Waals surface area (Å²) in [6, 6.07) is 0. The van der Waals surface area contributed by atoms with Crippen molar-refractivity contribution in [1.29, 1.82) is 0 Å². The normalized spacial score (nSPS) is 13.3. The molecule has 2 heteroatoms. The van der Waals surface area contributed by atoms with Crippen LogP contribution in [-0.2, 0) is 4.74 Å². The molecule has 16 heavy (non-hydrogen) atoms. The molecule has 0 saturated heterocycles. The van der Waals surface area contributed by atoms with Gasteiger partial charge in [-0.1, -0.05) is 40.5 Å². The van der Waals surface area contributed by atoms with Crippen molar-refractivity contribution in [3.63, 3.8) is 0 Å². The Kier molecular flexibility index (Phi) is 11.3. The summed E-state index contributed by atoms with van der Waals surface area (Å²) >= 11 is 0. The number of hydrogen-bond acceptors (Lipinski definition) is 2. The van der Waals surface area contributed by atoms with E-state index in [0.717, 1.165) is 38.1 Å². The Bertz CT molecular complexity index is 137. The van der Waals surface area contributed by atoms with Crippen LogP contribution < -0.4 is 5.32 Å². The van der Waals surface area contributed by atoms with Crippen molar-refractivity contribution in [3.8, 4) is 0 Å². The first-order valence-electron chi connectivity index (χ1n) is 6.99. The second kappa shape index (κ2) is 11.4. The summed E-state index contributed by atoms with van der Waals surface area (Å²) in [5.41, 5.74) is 0. The van der Waals surface area contributed by atoms with Crippen molar-refractivity contribution in [2.24, 2.45) is 11.8 Å². The van der Waals surface area contributed by atoms with Gasteiger partial charge < -0.3 is 10.1 Å². The third-order valence-electron chi connectivity index (χ3n) is 2.88. The maximum absolute atomic E-state index is 5.61. The molecule has 1 unspecified atom stereocenters. The molecule has 0 aliphatic heterocycles. The summed E-state index contributed by atoms with van der Waals surface area (Å²) in [6.45, 7) is 13.1. The van der Waals surface area contributed by atoms with Crippen molar-refractivity contribution in [2.45, 2.75) is 53.4 Å². The first-order chi connectivity index (χ1) is 7.70. The maximum atomic E-state index is 5.61. The van der Waals surface area contributed by atoms with Crippen LogP contribution in [0.2, 0.25) is 0 Å². The fraction of sp³-hybridized carbons (Fsp3) is 1.00. The van der Waals surface area contributed by atoms with Crippen molar-refractivity contribution < 1.29 is 4.74 Å². The first kappa shape index (κ1) is 15.9. The van der Waals surface area contributed by atoms with Crippen molar-refractivity contribution >= 4 is 0 Å². The molecule has 0 saturated carbocycles. The largest absolute Gasteiger partial charge is 0.381 e. The van der Waals surface area contributed by atoms with E-state index in [1.54, 1.807) is 0 Å². The number of ether oxygens (including phenoxy) is 1. The molecule has 1 atom stereocenters. The highest BCUT2D eigenvalue weighted by molar-refractivity contribution is 4.61. The van der Waals surface area contributed by atoms with Gasteiger partial charge in [0.15, 0.2) is 0 Å². The van der Waals surface area contributed by atoms with E-state index in [0.29, 0.717) is 0 Å². The number of hydrogen-bond donors (Lipinski definition) is 1. The zero-order valence-corrected chi connectivity index (χ0v) is 11.7. The Morgan fingerprint density at radius 1 is 1.06 bits per heavy atom. The molecule has 0 aromatic carbocycles. The van der Waals surface area contributed by atoms with Crippen LogP contribution in [0.3, 0.4) is 0 Å². The zero-order chi connectivity index (χ0) is 12.2. The van der Waals surface area contributed by atoms with E-state index in [4.69, 9.17) is 4.74 Å². The van der Waals surface area contributed by atoms with Gasteiger partial charge in [0, 0.05) is 13.2 Å². The molecular weight excluding hydrogens is 198 g/mol. The second-order valence-corrected chi connectivity index (χ2v) is 5.08. The minimum atomic E-state index is 0.748. The highest BCUT2D eigenvalue weighted by atomic mass is 16.5. The fourth-order valence-corrected chi connectivity index (χ4v) is 1.63. The lowest BCUT2D eigenvalue weighted by Gasteiger charge is -2.16. The van der Waals surface area contributed by atoms with E-state index in [-0.39, 0.29) is 0 Å². The van der Waals surface area contributed by atoms with E-state index >= 15 is 0 Å². The maximum Gasteiger partial charge on any atom is 0.0469 e. The van der Waals surface area contributed by atoms with Crippen LogP contribution in [0.15, 0.2) is 0 Å². The first-order valence-corrected chi connectivity index (χ1v) is 6.99. The van der Waals surface area contributed by atoms with Gasteiger partial charge in [0.05, 0.1) is 0 Å². The minimum Gasteiger partial charge on any atom is -0.381 e. The van der Waals surface area contributed by atoms with Crippen LogP contribution in [0.1, 0.15) is 53.4 Å². The smallest absolute Gasteiger partial charge is 0.0469 e. The standard InChI is InChI=1S/C14H31NO/c1-5-7-9-16-10-8-14(6-2)12-15-11-13(3)4/h13-15H,5-12H2,1-4H3. The van der Waals surface area contributed by atoms with Gasteiger partial charge in [-0.3, -0.25) is 0 Å². The molecule has 0 rings (SSSR count). The number of unbranched alkanes of at least 4 members (excludes halogenated alkanes) is 1. The molecule has 0 fully saturated rings. The van der Waals surface area contributed by atoms with E-state index in [2.05, 4.69) is 33.0 Å². The summed E-state index contributed by atoms with van der Waals surface area (Å²) in [6.07, 6.45) is 4.88. The lowest BCUT2D eigenvalue weighted by atomic mass is 10.0. The van der Waals surface area contributed by atoms with E-state index in [1.165, 1.54) is 25.7 Å². The molecule has 0 aliphatic carbocycles. The van der Waals surface area contributed by atoms with Crippen LogP contribution in [0.4, 0.5) is 0 Å². The molecule has 0 radical (unpaired) electrons. The molecule has 0 amide bonds. The van der Waals surface area contributed by atoms with Gasteiger partial charge in [0.1, 0.15) is 0 Å². The Morgan fingerprint density at radius 3 is 2.38 bits per heavy atom. The van der Waals surface area contributed by atoms with Crippen LogP contribution in [0.5, 0.6) is 0 Å². The predicted molar refractivity (Wildman–Crippen MR) is 71.8 cm³/mol. The topological polar surface area (TPSA) is 21.3 Å². The highest BCUT2D eigenvalue weighted by Crippen LogP contribution is 2.07. The molecule has 1 N–H and O–H groups in total. The molecule has 0 bridgehead atoms. The molecule has 98 valence electrons. The lowest BCUT2D eigenvalue weighted by molar-refractivity contribution is 0.116. The van der Waals surface area contributed by atoms with Gasteiger partial charge in [-0.25, -0.2) is 0 Å². The molecular formula is C14H31NO. The summed E-state index contributed by atoms with van der Waals surface area (Å²) in [4.78, 5) is 0. The van der Waals surface area contributed by atoms with E-state index in [9.17, 15) is 0 Å². The van der Waals surface area contributed by atoms with Crippen molar-refractivity contribution in [2.75, 3.05) is 26.3 Å². The number of nitrogens with one attached hydrogen (secondary N) is 1. The van der Waals surface area contributed by atoms with Crippen LogP contribution in [0, 0.1) is 11.8 Å². The predicted octanol–water partition coefficient (Wildman–Crippen LogP) is 3.47. The molecule has 0 spiro atoms. The van der Waals surface area contributed by atoms with Gasteiger partial charge in [-0.15, -0.1) is 0 Å². The van der Waals surface area contributed by atoms with Crippen LogP contribution in [-0.4, -0.2) is 26.3 Å². The van der Waals surface area contributed by atoms with Gasteiger partial charge >= 0.3 is 0 Å². The van der Waals surface area contributed by atoms with Crippen molar-refractivity contribution in [1.82, 2.24) is 5.32 Å².